The lowest BCUT2D eigenvalue weighted by atomic mass is 9.90. The quantitative estimate of drug-likeness (QED) is 0.361. The maximum atomic E-state index is 13.8. The molecule has 0 bridgehead atoms. The fourth-order valence-electron chi connectivity index (χ4n) is 4.69. The molecule has 10 heteroatoms. The highest BCUT2D eigenvalue weighted by molar-refractivity contribution is 7.89. The fourth-order valence-corrected chi connectivity index (χ4v) is 7.29. The number of amides is 1. The molecule has 198 valence electrons. The van der Waals surface area contributed by atoms with Gasteiger partial charge < -0.3 is 4.90 Å². The van der Waals surface area contributed by atoms with Crippen LogP contribution < -0.4 is 0 Å². The van der Waals surface area contributed by atoms with E-state index in [2.05, 4.69) is 0 Å². The highest BCUT2D eigenvalue weighted by Crippen LogP contribution is 2.39. The molecule has 0 N–H and O–H groups in total. The molecule has 37 heavy (non-hydrogen) atoms. The number of benzene rings is 2. The summed E-state index contributed by atoms with van der Waals surface area (Å²) in [5.41, 5.74) is 1.95. The zero-order chi connectivity index (χ0) is 27.0. The predicted molar refractivity (Wildman–Crippen MR) is 138 cm³/mol. The number of fused-ring (bicyclic) bond motifs is 1. The summed E-state index contributed by atoms with van der Waals surface area (Å²) in [6.07, 6.45) is -3.64. The molecule has 0 saturated heterocycles. The summed E-state index contributed by atoms with van der Waals surface area (Å²) in [7, 11) is -4.38. The maximum Gasteiger partial charge on any atom is 0.416 e. The van der Waals surface area contributed by atoms with Crippen molar-refractivity contribution in [1.29, 1.82) is 0 Å². The standard InChI is InChI=1S/C27H29F3N2O3S2/c1-4-19(3)32(37(34,35)21-10-7-9-20(16-21)27(28,29)30)17-25(33)31-14-12-24-23(13-15-36-24)26(31)22-11-6-5-8-18(22)2/h5-11,13,15-16,19,26H,4,12,14,17H2,1-3H3/t19-,26-/m1/s1. The Labute approximate surface area is 219 Å². The third-order valence-electron chi connectivity index (χ3n) is 6.91. The van der Waals surface area contributed by atoms with Gasteiger partial charge in [0.2, 0.25) is 15.9 Å². The molecule has 1 aliphatic rings. The van der Waals surface area contributed by atoms with Crippen molar-refractivity contribution in [2.75, 3.05) is 13.1 Å². The Morgan fingerprint density at radius 3 is 2.54 bits per heavy atom. The van der Waals surface area contributed by atoms with Crippen LogP contribution >= 0.6 is 11.3 Å². The van der Waals surface area contributed by atoms with Crippen LogP contribution in [0, 0.1) is 6.92 Å². The summed E-state index contributed by atoms with van der Waals surface area (Å²) in [6.45, 7) is 5.36. The van der Waals surface area contributed by atoms with Gasteiger partial charge in [-0.2, -0.15) is 17.5 Å². The Kier molecular flexibility index (Phi) is 7.83. The molecule has 0 saturated carbocycles. The van der Waals surface area contributed by atoms with Crippen LogP contribution in [-0.2, 0) is 27.4 Å². The number of alkyl halides is 3. The number of nitrogens with zero attached hydrogens (tertiary/aromatic N) is 2. The van der Waals surface area contributed by atoms with Crippen LogP contribution in [0.5, 0.6) is 0 Å². The van der Waals surface area contributed by atoms with E-state index in [4.69, 9.17) is 0 Å². The van der Waals surface area contributed by atoms with Crippen LogP contribution in [0.3, 0.4) is 0 Å². The van der Waals surface area contributed by atoms with Crippen molar-refractivity contribution in [3.05, 3.63) is 87.1 Å². The third-order valence-corrected chi connectivity index (χ3v) is 9.86. The van der Waals surface area contributed by atoms with Gasteiger partial charge in [-0.15, -0.1) is 11.3 Å². The monoisotopic (exact) mass is 550 g/mol. The number of rotatable bonds is 7. The Balaban J connectivity index is 1.71. The van der Waals surface area contributed by atoms with Gasteiger partial charge in [-0.25, -0.2) is 8.42 Å². The lowest BCUT2D eigenvalue weighted by Gasteiger charge is -2.38. The SMILES string of the molecule is CC[C@@H](C)N(CC(=O)N1CCc2sccc2[C@H]1c1ccccc1C)S(=O)(=O)c1cccc(C(F)(F)F)c1. The van der Waals surface area contributed by atoms with E-state index in [1.165, 1.54) is 4.88 Å². The molecule has 2 aromatic carbocycles. The summed E-state index contributed by atoms with van der Waals surface area (Å²) in [5.74, 6) is -0.388. The second kappa shape index (κ2) is 10.6. The molecule has 4 rings (SSSR count). The number of hydrogen-bond acceptors (Lipinski definition) is 4. The van der Waals surface area contributed by atoms with E-state index < -0.39 is 39.2 Å². The molecule has 2 atom stereocenters. The smallest absolute Gasteiger partial charge is 0.330 e. The van der Waals surface area contributed by atoms with Gasteiger partial charge in [-0.3, -0.25) is 4.79 Å². The van der Waals surface area contributed by atoms with Crippen LogP contribution in [0.15, 0.2) is 64.9 Å². The second-order valence-corrected chi connectivity index (χ2v) is 12.1. The topological polar surface area (TPSA) is 57.7 Å². The number of carbonyl (C=O) groups is 1. The number of thiophene rings is 1. The van der Waals surface area contributed by atoms with Crippen LogP contribution in [-0.4, -0.2) is 42.7 Å². The molecule has 1 amide bonds. The summed E-state index contributed by atoms with van der Waals surface area (Å²) in [5, 5.41) is 1.99. The van der Waals surface area contributed by atoms with Gasteiger partial charge in [0.25, 0.3) is 0 Å². The van der Waals surface area contributed by atoms with Crippen molar-refractivity contribution >= 4 is 27.3 Å². The van der Waals surface area contributed by atoms with E-state index in [0.717, 1.165) is 39.2 Å². The van der Waals surface area contributed by atoms with Crippen molar-refractivity contribution in [2.24, 2.45) is 0 Å². The lowest BCUT2D eigenvalue weighted by Crippen LogP contribution is -2.49. The zero-order valence-electron chi connectivity index (χ0n) is 20.8. The van der Waals surface area contributed by atoms with Gasteiger partial charge in [-0.1, -0.05) is 37.3 Å². The number of aryl methyl sites for hydroxylation is 1. The number of carbonyl (C=O) groups excluding carboxylic acids is 1. The number of sulfonamides is 1. The fraction of sp³-hybridized carbons (Fsp3) is 0.370. The highest BCUT2D eigenvalue weighted by atomic mass is 32.2. The van der Waals surface area contributed by atoms with Crippen LogP contribution in [0.25, 0.3) is 0 Å². The summed E-state index contributed by atoms with van der Waals surface area (Å²) >= 11 is 1.63. The van der Waals surface area contributed by atoms with Crippen LogP contribution in [0.4, 0.5) is 13.2 Å². The zero-order valence-corrected chi connectivity index (χ0v) is 22.5. The van der Waals surface area contributed by atoms with E-state index in [1.54, 1.807) is 30.1 Å². The third kappa shape index (κ3) is 5.46. The molecule has 0 unspecified atom stereocenters. The Bertz CT molecular complexity index is 1390. The van der Waals surface area contributed by atoms with Crippen LogP contribution in [0.1, 0.15) is 53.4 Å². The molecule has 3 aromatic rings. The number of hydrogen-bond donors (Lipinski definition) is 0. The van der Waals surface area contributed by atoms with Crippen molar-refractivity contribution in [3.8, 4) is 0 Å². The van der Waals surface area contributed by atoms with Crippen molar-refractivity contribution < 1.29 is 26.4 Å². The average Bonchev–Trinajstić information content (AvgIpc) is 3.35. The van der Waals surface area contributed by atoms with Crippen molar-refractivity contribution in [1.82, 2.24) is 9.21 Å². The second-order valence-electron chi connectivity index (χ2n) is 9.23. The first-order chi connectivity index (χ1) is 17.4. The van der Waals surface area contributed by atoms with Crippen molar-refractivity contribution in [3.63, 3.8) is 0 Å². The largest absolute Gasteiger partial charge is 0.416 e. The average molecular weight is 551 g/mol. The lowest BCUT2D eigenvalue weighted by molar-refractivity contribution is -0.138. The van der Waals surface area contributed by atoms with Gasteiger partial charge >= 0.3 is 6.18 Å². The molecule has 1 aromatic heterocycles. The van der Waals surface area contributed by atoms with Crippen molar-refractivity contribution in [2.45, 2.75) is 56.8 Å². The van der Waals surface area contributed by atoms with Gasteiger partial charge in [0.1, 0.15) is 0 Å². The molecule has 0 radical (unpaired) electrons. The minimum absolute atomic E-state index is 0.362. The van der Waals surface area contributed by atoms with Crippen LogP contribution in [0.2, 0.25) is 0 Å². The Morgan fingerprint density at radius 1 is 1.14 bits per heavy atom. The van der Waals surface area contributed by atoms with Gasteiger partial charge in [0.05, 0.1) is 23.0 Å². The first-order valence-electron chi connectivity index (χ1n) is 12.1. The Morgan fingerprint density at radius 2 is 1.86 bits per heavy atom. The summed E-state index contributed by atoms with van der Waals surface area (Å²) < 4.78 is 68.1. The summed E-state index contributed by atoms with van der Waals surface area (Å²) in [6, 6.07) is 12.5. The summed E-state index contributed by atoms with van der Waals surface area (Å²) in [4.78, 5) is 16.2. The maximum absolute atomic E-state index is 13.8. The normalized spacial score (nSPS) is 17.1. The Hall–Kier alpha value is -2.69. The molecule has 5 nitrogen and oxygen atoms in total. The first kappa shape index (κ1) is 27.3. The van der Waals surface area contributed by atoms with Gasteiger partial charge in [0, 0.05) is 17.5 Å². The van der Waals surface area contributed by atoms with E-state index in [-0.39, 0.29) is 11.9 Å². The molecular weight excluding hydrogens is 521 g/mol. The molecule has 1 aliphatic heterocycles. The molecule has 2 heterocycles. The first-order valence-corrected chi connectivity index (χ1v) is 14.4. The molecular formula is C27H29F3N2O3S2. The minimum atomic E-state index is -4.69. The van der Waals surface area contributed by atoms with Gasteiger partial charge in [-0.05, 0) is 73.0 Å². The molecule has 0 aliphatic carbocycles. The predicted octanol–water partition coefficient (Wildman–Crippen LogP) is 6.04. The molecule has 0 spiro atoms. The highest BCUT2D eigenvalue weighted by Gasteiger charge is 2.38. The molecule has 0 fully saturated rings. The van der Waals surface area contributed by atoms with E-state index in [9.17, 15) is 26.4 Å². The van der Waals surface area contributed by atoms with E-state index in [1.807, 2.05) is 42.6 Å². The van der Waals surface area contributed by atoms with E-state index >= 15 is 0 Å². The van der Waals surface area contributed by atoms with Gasteiger partial charge in [0.15, 0.2) is 0 Å². The minimum Gasteiger partial charge on any atom is -0.330 e. The van der Waals surface area contributed by atoms with E-state index in [0.29, 0.717) is 25.5 Å². The number of halogens is 3.